The molecule has 1 atom stereocenters. The lowest BCUT2D eigenvalue weighted by atomic mass is 10.1. The van der Waals surface area contributed by atoms with E-state index in [1.807, 2.05) is 40.0 Å². The standard InChI is InChI=1S/C23H31N3O4S2/c1-15(2)12-26(13-16(3)4)23(27)21(11-19-14-31-17(5)24-19)25-32(28,29)20-6-7-22-18(10-20)8-9-30-22/h6-10,14-16,21,25H,11-13H2,1-5H3/t21-/m0/s1. The van der Waals surface area contributed by atoms with Crippen LogP contribution in [0.4, 0.5) is 0 Å². The molecule has 174 valence electrons. The Kier molecular flexibility index (Phi) is 7.74. The molecular formula is C23H31N3O4S2. The summed E-state index contributed by atoms with van der Waals surface area (Å²) in [6, 6.07) is 5.42. The fourth-order valence-corrected chi connectivity index (χ4v) is 5.46. The SMILES string of the molecule is Cc1nc(C[C@H](NS(=O)(=O)c2ccc3occc3c2)C(=O)N(CC(C)C)CC(C)C)cs1. The molecule has 3 rings (SSSR count). The number of aryl methyl sites for hydroxylation is 1. The van der Waals surface area contributed by atoms with E-state index in [0.717, 1.165) is 5.01 Å². The highest BCUT2D eigenvalue weighted by Gasteiger charge is 2.31. The van der Waals surface area contributed by atoms with Crippen molar-refractivity contribution in [3.05, 3.63) is 46.6 Å². The maximum Gasteiger partial charge on any atom is 0.241 e. The van der Waals surface area contributed by atoms with Crippen LogP contribution in [0.15, 0.2) is 45.2 Å². The van der Waals surface area contributed by atoms with Crippen molar-refractivity contribution < 1.29 is 17.6 Å². The summed E-state index contributed by atoms with van der Waals surface area (Å²) in [4.78, 5) is 19.9. The maximum atomic E-state index is 13.6. The highest BCUT2D eigenvalue weighted by atomic mass is 32.2. The van der Waals surface area contributed by atoms with Crippen LogP contribution < -0.4 is 4.72 Å². The number of carbonyl (C=O) groups excluding carboxylic acids is 1. The zero-order valence-corrected chi connectivity index (χ0v) is 20.8. The van der Waals surface area contributed by atoms with Gasteiger partial charge in [0.2, 0.25) is 15.9 Å². The van der Waals surface area contributed by atoms with Crippen molar-refractivity contribution >= 4 is 38.2 Å². The van der Waals surface area contributed by atoms with Crippen LogP contribution in [-0.4, -0.2) is 43.3 Å². The lowest BCUT2D eigenvalue weighted by molar-refractivity contribution is -0.134. The molecule has 0 unspecified atom stereocenters. The van der Waals surface area contributed by atoms with Gasteiger partial charge in [0, 0.05) is 30.3 Å². The first kappa shape index (κ1) is 24.4. The molecule has 0 saturated heterocycles. The van der Waals surface area contributed by atoms with Crippen LogP contribution in [0.3, 0.4) is 0 Å². The third-order valence-electron chi connectivity index (χ3n) is 4.89. The van der Waals surface area contributed by atoms with Crippen molar-refractivity contribution in [3.63, 3.8) is 0 Å². The molecule has 0 aliphatic rings. The highest BCUT2D eigenvalue weighted by Crippen LogP contribution is 2.21. The van der Waals surface area contributed by atoms with Gasteiger partial charge in [-0.2, -0.15) is 4.72 Å². The fraction of sp³-hybridized carbons (Fsp3) is 0.478. The number of furan rings is 1. The van der Waals surface area contributed by atoms with Crippen LogP contribution in [0.5, 0.6) is 0 Å². The van der Waals surface area contributed by atoms with Crippen LogP contribution in [0.1, 0.15) is 38.4 Å². The van der Waals surface area contributed by atoms with Gasteiger partial charge in [-0.25, -0.2) is 13.4 Å². The zero-order chi connectivity index (χ0) is 23.5. The molecule has 3 aromatic rings. The lowest BCUT2D eigenvalue weighted by Gasteiger charge is -2.30. The number of carbonyl (C=O) groups is 1. The normalized spacial score (nSPS) is 13.2. The molecule has 0 spiro atoms. The number of sulfonamides is 1. The number of nitrogens with one attached hydrogen (secondary N) is 1. The minimum absolute atomic E-state index is 0.0953. The number of hydrogen-bond acceptors (Lipinski definition) is 6. The van der Waals surface area contributed by atoms with Crippen LogP contribution in [-0.2, 0) is 21.2 Å². The second-order valence-electron chi connectivity index (χ2n) is 8.89. The minimum Gasteiger partial charge on any atom is -0.464 e. The van der Waals surface area contributed by atoms with E-state index >= 15 is 0 Å². The summed E-state index contributed by atoms with van der Waals surface area (Å²) < 4.78 is 34.5. The molecule has 0 radical (unpaired) electrons. The predicted octanol–water partition coefficient (Wildman–Crippen LogP) is 4.23. The molecule has 0 bridgehead atoms. The van der Waals surface area contributed by atoms with Crippen molar-refractivity contribution in [3.8, 4) is 0 Å². The number of nitrogens with zero attached hydrogens (tertiary/aromatic N) is 2. The molecule has 2 heterocycles. The highest BCUT2D eigenvalue weighted by molar-refractivity contribution is 7.89. The second kappa shape index (κ2) is 10.1. The molecule has 0 aliphatic carbocycles. The van der Waals surface area contributed by atoms with E-state index in [4.69, 9.17) is 4.42 Å². The number of rotatable bonds is 10. The van der Waals surface area contributed by atoms with Gasteiger partial charge in [-0.1, -0.05) is 27.7 Å². The Bertz CT molecular complexity index is 1150. The number of benzene rings is 1. The largest absolute Gasteiger partial charge is 0.464 e. The Morgan fingerprint density at radius 2 is 1.84 bits per heavy atom. The van der Waals surface area contributed by atoms with Gasteiger partial charge in [0.15, 0.2) is 0 Å². The van der Waals surface area contributed by atoms with Gasteiger partial charge >= 0.3 is 0 Å². The van der Waals surface area contributed by atoms with Crippen LogP contribution in [0, 0.1) is 18.8 Å². The molecule has 0 fully saturated rings. The Morgan fingerprint density at radius 1 is 1.16 bits per heavy atom. The van der Waals surface area contributed by atoms with Crippen molar-refractivity contribution in [2.24, 2.45) is 11.8 Å². The quantitative estimate of drug-likeness (QED) is 0.472. The molecule has 1 N–H and O–H groups in total. The topological polar surface area (TPSA) is 92.5 Å². The Labute approximate surface area is 193 Å². The summed E-state index contributed by atoms with van der Waals surface area (Å²) in [6.45, 7) is 11.2. The van der Waals surface area contributed by atoms with Gasteiger partial charge in [-0.3, -0.25) is 4.79 Å². The first-order chi connectivity index (χ1) is 15.0. The maximum absolute atomic E-state index is 13.6. The van der Waals surface area contributed by atoms with E-state index in [2.05, 4.69) is 9.71 Å². The summed E-state index contributed by atoms with van der Waals surface area (Å²) in [5, 5.41) is 3.43. The summed E-state index contributed by atoms with van der Waals surface area (Å²) in [7, 11) is -3.94. The fourth-order valence-electron chi connectivity index (χ4n) is 3.61. The van der Waals surface area contributed by atoms with Gasteiger partial charge in [0.25, 0.3) is 0 Å². The predicted molar refractivity (Wildman–Crippen MR) is 127 cm³/mol. The molecular weight excluding hydrogens is 446 g/mol. The van der Waals surface area contributed by atoms with Gasteiger partial charge in [0.05, 0.1) is 21.9 Å². The van der Waals surface area contributed by atoms with E-state index < -0.39 is 16.1 Å². The van der Waals surface area contributed by atoms with E-state index in [1.54, 1.807) is 23.1 Å². The van der Waals surface area contributed by atoms with Gasteiger partial charge in [-0.15, -0.1) is 11.3 Å². The van der Waals surface area contributed by atoms with Crippen molar-refractivity contribution in [2.75, 3.05) is 13.1 Å². The van der Waals surface area contributed by atoms with Crippen molar-refractivity contribution in [1.29, 1.82) is 0 Å². The molecule has 1 aromatic carbocycles. The monoisotopic (exact) mass is 477 g/mol. The first-order valence-electron chi connectivity index (χ1n) is 10.7. The average Bonchev–Trinajstić information content (AvgIpc) is 3.33. The number of hydrogen-bond donors (Lipinski definition) is 1. The van der Waals surface area contributed by atoms with Crippen LogP contribution in [0.2, 0.25) is 0 Å². The molecule has 2 aromatic heterocycles. The number of fused-ring (bicyclic) bond motifs is 1. The average molecular weight is 478 g/mol. The van der Waals surface area contributed by atoms with E-state index in [1.165, 1.54) is 23.7 Å². The van der Waals surface area contributed by atoms with Gasteiger partial charge in [0.1, 0.15) is 11.6 Å². The molecule has 9 heteroatoms. The van der Waals surface area contributed by atoms with Gasteiger partial charge < -0.3 is 9.32 Å². The van der Waals surface area contributed by atoms with Crippen molar-refractivity contribution in [1.82, 2.24) is 14.6 Å². The van der Waals surface area contributed by atoms with E-state index in [-0.39, 0.29) is 29.1 Å². The summed E-state index contributed by atoms with van der Waals surface area (Å²) in [5.74, 6) is 0.297. The number of aromatic nitrogens is 1. The summed E-state index contributed by atoms with van der Waals surface area (Å²) >= 11 is 1.48. The molecule has 0 aliphatic heterocycles. The summed E-state index contributed by atoms with van der Waals surface area (Å²) in [5.41, 5.74) is 1.31. The second-order valence-corrected chi connectivity index (χ2v) is 11.7. The molecule has 1 amide bonds. The molecule has 7 nitrogen and oxygen atoms in total. The summed E-state index contributed by atoms with van der Waals surface area (Å²) in [6.07, 6.45) is 1.71. The minimum atomic E-state index is -3.94. The number of thiazole rings is 1. The Balaban J connectivity index is 1.92. The smallest absolute Gasteiger partial charge is 0.241 e. The van der Waals surface area contributed by atoms with Crippen molar-refractivity contribution in [2.45, 2.75) is 52.0 Å². The molecule has 0 saturated carbocycles. The number of amides is 1. The zero-order valence-electron chi connectivity index (χ0n) is 19.2. The van der Waals surface area contributed by atoms with Crippen LogP contribution in [0.25, 0.3) is 11.0 Å². The molecule has 32 heavy (non-hydrogen) atoms. The van der Waals surface area contributed by atoms with E-state index in [0.29, 0.717) is 29.8 Å². The lowest BCUT2D eigenvalue weighted by Crippen LogP contribution is -2.51. The van der Waals surface area contributed by atoms with Gasteiger partial charge in [-0.05, 0) is 43.0 Å². The third-order valence-corrected chi connectivity index (χ3v) is 7.18. The van der Waals surface area contributed by atoms with E-state index in [9.17, 15) is 13.2 Å². The van der Waals surface area contributed by atoms with Crippen LogP contribution >= 0.6 is 11.3 Å². The Hall–Kier alpha value is -2.23. The third kappa shape index (κ3) is 6.17. The first-order valence-corrected chi connectivity index (χ1v) is 13.1. The Morgan fingerprint density at radius 3 is 2.44 bits per heavy atom.